The van der Waals surface area contributed by atoms with E-state index in [0.29, 0.717) is 33.9 Å². The van der Waals surface area contributed by atoms with E-state index in [4.69, 9.17) is 19.0 Å². The fourth-order valence-corrected chi connectivity index (χ4v) is 1.99. The standard InChI is InChI=1S/C12H14N2O4S/c1-16-8-3-4-9(10(7-8)17-2)11-13-14-12(18-11)19-6-5-15/h3-4,7,15H,5-6H2,1-2H3. The van der Waals surface area contributed by atoms with Crippen LogP contribution < -0.4 is 9.47 Å². The van der Waals surface area contributed by atoms with Crippen LogP contribution in [0.3, 0.4) is 0 Å². The zero-order valence-electron chi connectivity index (χ0n) is 10.6. The number of thioether (sulfide) groups is 1. The summed E-state index contributed by atoms with van der Waals surface area (Å²) in [6, 6.07) is 5.34. The smallest absolute Gasteiger partial charge is 0.276 e. The van der Waals surface area contributed by atoms with Crippen molar-refractivity contribution in [2.24, 2.45) is 0 Å². The highest BCUT2D eigenvalue weighted by Gasteiger charge is 2.14. The Labute approximate surface area is 114 Å². The highest BCUT2D eigenvalue weighted by Crippen LogP contribution is 2.33. The summed E-state index contributed by atoms with van der Waals surface area (Å²) in [6.45, 7) is 0.0637. The number of nitrogens with zero attached hydrogens (tertiary/aromatic N) is 2. The fourth-order valence-electron chi connectivity index (χ4n) is 1.49. The molecule has 0 aliphatic rings. The van der Waals surface area contributed by atoms with Gasteiger partial charge in [-0.05, 0) is 12.1 Å². The topological polar surface area (TPSA) is 77.6 Å². The molecule has 0 fully saturated rings. The molecule has 1 aromatic carbocycles. The van der Waals surface area contributed by atoms with Gasteiger partial charge in [0.1, 0.15) is 11.5 Å². The van der Waals surface area contributed by atoms with E-state index in [9.17, 15) is 0 Å². The van der Waals surface area contributed by atoms with Crippen molar-refractivity contribution in [3.05, 3.63) is 18.2 Å². The molecule has 1 heterocycles. The van der Waals surface area contributed by atoms with Gasteiger partial charge in [0.05, 0.1) is 26.4 Å². The molecule has 1 aromatic heterocycles. The third kappa shape index (κ3) is 3.18. The number of aliphatic hydroxyl groups excluding tert-OH is 1. The van der Waals surface area contributed by atoms with Crippen LogP contribution in [0.5, 0.6) is 11.5 Å². The lowest BCUT2D eigenvalue weighted by Gasteiger charge is -2.07. The maximum Gasteiger partial charge on any atom is 0.276 e. The Bertz CT molecular complexity index is 544. The second kappa shape index (κ2) is 6.44. The van der Waals surface area contributed by atoms with Crippen molar-refractivity contribution in [1.29, 1.82) is 0 Å². The molecule has 6 nitrogen and oxygen atoms in total. The van der Waals surface area contributed by atoms with Gasteiger partial charge in [-0.25, -0.2) is 0 Å². The molecule has 0 bridgehead atoms. The number of aliphatic hydroxyl groups is 1. The van der Waals surface area contributed by atoms with Crippen LogP contribution in [0.2, 0.25) is 0 Å². The van der Waals surface area contributed by atoms with Crippen molar-refractivity contribution in [2.45, 2.75) is 5.22 Å². The Morgan fingerprint density at radius 1 is 1.26 bits per heavy atom. The summed E-state index contributed by atoms with van der Waals surface area (Å²) in [5.74, 6) is 2.18. The first kappa shape index (κ1) is 13.7. The van der Waals surface area contributed by atoms with E-state index in [0.717, 1.165) is 0 Å². The SMILES string of the molecule is COc1ccc(-c2nnc(SCCO)o2)c(OC)c1. The van der Waals surface area contributed by atoms with Crippen molar-refractivity contribution in [3.8, 4) is 23.0 Å². The van der Waals surface area contributed by atoms with Crippen molar-refractivity contribution >= 4 is 11.8 Å². The van der Waals surface area contributed by atoms with E-state index in [-0.39, 0.29) is 6.61 Å². The van der Waals surface area contributed by atoms with Crippen molar-refractivity contribution in [1.82, 2.24) is 10.2 Å². The van der Waals surface area contributed by atoms with Gasteiger partial charge in [-0.3, -0.25) is 0 Å². The third-order valence-corrected chi connectivity index (χ3v) is 3.16. The molecule has 102 valence electrons. The zero-order chi connectivity index (χ0) is 13.7. The van der Waals surface area contributed by atoms with E-state index in [1.54, 1.807) is 32.4 Å². The fraction of sp³-hybridized carbons (Fsp3) is 0.333. The van der Waals surface area contributed by atoms with E-state index >= 15 is 0 Å². The van der Waals surface area contributed by atoms with E-state index in [1.807, 2.05) is 0 Å². The lowest BCUT2D eigenvalue weighted by atomic mass is 10.2. The molecule has 0 atom stereocenters. The lowest BCUT2D eigenvalue weighted by molar-refractivity contribution is 0.322. The zero-order valence-corrected chi connectivity index (χ0v) is 11.4. The molecular formula is C12H14N2O4S. The Kier molecular flexibility index (Phi) is 4.64. The number of ether oxygens (including phenoxy) is 2. The number of aromatic nitrogens is 2. The first-order valence-corrected chi connectivity index (χ1v) is 6.56. The van der Waals surface area contributed by atoms with Gasteiger partial charge in [0.2, 0.25) is 0 Å². The molecule has 2 aromatic rings. The Hall–Kier alpha value is -1.73. The van der Waals surface area contributed by atoms with Crippen LogP contribution in [0, 0.1) is 0 Å². The minimum absolute atomic E-state index is 0.0637. The van der Waals surface area contributed by atoms with Crippen LogP contribution in [-0.4, -0.2) is 41.9 Å². The summed E-state index contributed by atoms with van der Waals surface area (Å²) in [7, 11) is 3.15. The quantitative estimate of drug-likeness (QED) is 0.810. The molecule has 7 heteroatoms. The minimum Gasteiger partial charge on any atom is -0.497 e. The number of methoxy groups -OCH3 is 2. The molecule has 0 radical (unpaired) electrons. The van der Waals surface area contributed by atoms with Gasteiger partial charge in [-0.15, -0.1) is 10.2 Å². The van der Waals surface area contributed by atoms with Crippen molar-refractivity contribution in [3.63, 3.8) is 0 Å². The summed E-state index contributed by atoms with van der Waals surface area (Å²) in [4.78, 5) is 0. The third-order valence-electron chi connectivity index (χ3n) is 2.36. The molecule has 0 aliphatic carbocycles. The maximum atomic E-state index is 8.75. The average molecular weight is 282 g/mol. The van der Waals surface area contributed by atoms with Gasteiger partial charge in [-0.1, -0.05) is 11.8 Å². The average Bonchev–Trinajstić information content (AvgIpc) is 2.92. The van der Waals surface area contributed by atoms with Crippen LogP contribution in [0.15, 0.2) is 27.8 Å². The first-order valence-electron chi connectivity index (χ1n) is 5.58. The molecule has 1 N–H and O–H groups in total. The summed E-state index contributed by atoms with van der Waals surface area (Å²) in [5, 5.41) is 17.0. The second-order valence-corrected chi connectivity index (χ2v) is 4.56. The van der Waals surface area contributed by atoms with Crippen LogP contribution in [-0.2, 0) is 0 Å². The highest BCUT2D eigenvalue weighted by molar-refractivity contribution is 7.99. The minimum atomic E-state index is 0.0637. The van der Waals surface area contributed by atoms with Crippen LogP contribution in [0.25, 0.3) is 11.5 Å². The molecule has 2 rings (SSSR count). The molecule has 0 saturated carbocycles. The Balaban J connectivity index is 2.27. The van der Waals surface area contributed by atoms with Crippen molar-refractivity contribution < 1.29 is 19.0 Å². The molecular weight excluding hydrogens is 268 g/mol. The van der Waals surface area contributed by atoms with Gasteiger partial charge >= 0.3 is 0 Å². The molecule has 0 saturated heterocycles. The van der Waals surface area contributed by atoms with Crippen molar-refractivity contribution in [2.75, 3.05) is 26.6 Å². The van der Waals surface area contributed by atoms with Gasteiger partial charge in [0, 0.05) is 11.8 Å². The Morgan fingerprint density at radius 3 is 2.79 bits per heavy atom. The van der Waals surface area contributed by atoms with Crippen LogP contribution in [0.4, 0.5) is 0 Å². The largest absolute Gasteiger partial charge is 0.497 e. The van der Waals surface area contributed by atoms with Gasteiger partial charge < -0.3 is 19.0 Å². The first-order chi connectivity index (χ1) is 9.28. The number of hydrogen-bond donors (Lipinski definition) is 1. The lowest BCUT2D eigenvalue weighted by Crippen LogP contribution is -1.90. The summed E-state index contributed by atoms with van der Waals surface area (Å²) in [6.07, 6.45) is 0. The monoisotopic (exact) mass is 282 g/mol. The van der Waals surface area contributed by atoms with Gasteiger partial charge in [0.15, 0.2) is 0 Å². The van der Waals surface area contributed by atoms with E-state index in [2.05, 4.69) is 10.2 Å². The summed E-state index contributed by atoms with van der Waals surface area (Å²) in [5.41, 5.74) is 0.701. The number of rotatable bonds is 6. The van der Waals surface area contributed by atoms with Gasteiger partial charge in [-0.2, -0.15) is 0 Å². The second-order valence-electron chi connectivity index (χ2n) is 3.51. The van der Waals surface area contributed by atoms with Crippen LogP contribution >= 0.6 is 11.8 Å². The molecule has 0 aliphatic heterocycles. The molecule has 0 spiro atoms. The predicted molar refractivity (Wildman–Crippen MR) is 70.6 cm³/mol. The Morgan fingerprint density at radius 2 is 2.11 bits per heavy atom. The molecule has 19 heavy (non-hydrogen) atoms. The summed E-state index contributed by atoms with van der Waals surface area (Å²) < 4.78 is 15.9. The van der Waals surface area contributed by atoms with E-state index in [1.165, 1.54) is 11.8 Å². The summed E-state index contributed by atoms with van der Waals surface area (Å²) >= 11 is 1.30. The number of hydrogen-bond acceptors (Lipinski definition) is 7. The van der Waals surface area contributed by atoms with Crippen LogP contribution in [0.1, 0.15) is 0 Å². The molecule has 0 unspecified atom stereocenters. The highest BCUT2D eigenvalue weighted by atomic mass is 32.2. The molecule has 0 amide bonds. The van der Waals surface area contributed by atoms with E-state index < -0.39 is 0 Å². The normalized spacial score (nSPS) is 10.5. The maximum absolute atomic E-state index is 8.75. The predicted octanol–water partition coefficient (Wildman–Crippen LogP) is 1.84. The number of benzene rings is 1. The van der Waals surface area contributed by atoms with Gasteiger partial charge in [0.25, 0.3) is 11.1 Å².